The highest BCUT2D eigenvalue weighted by Gasteiger charge is 2.12. The summed E-state index contributed by atoms with van der Waals surface area (Å²) in [4.78, 5) is 29.7. The lowest BCUT2D eigenvalue weighted by Gasteiger charge is -2.03. The summed E-state index contributed by atoms with van der Waals surface area (Å²) in [5, 5.41) is 6.76. The molecule has 0 saturated heterocycles. The van der Waals surface area contributed by atoms with Gasteiger partial charge in [-0.2, -0.15) is 0 Å². The molecule has 0 saturated carbocycles. The summed E-state index contributed by atoms with van der Waals surface area (Å²) in [6.45, 7) is 8.48. The Kier molecular flexibility index (Phi) is 8.69. The van der Waals surface area contributed by atoms with Crippen molar-refractivity contribution in [1.82, 2.24) is 0 Å². The van der Waals surface area contributed by atoms with Crippen molar-refractivity contribution in [2.45, 2.75) is 6.92 Å². The van der Waals surface area contributed by atoms with Gasteiger partial charge in [-0.15, -0.1) is 0 Å². The van der Waals surface area contributed by atoms with E-state index in [1.165, 1.54) is 14.0 Å². The second-order valence-corrected chi connectivity index (χ2v) is 2.18. The SMILES string of the molecule is C=C(C)C(=O)OC(=C)C(=O)OC.O=[C]O. The maximum atomic E-state index is 10.8. The molecule has 83 valence electrons. The lowest BCUT2D eigenvalue weighted by molar-refractivity contribution is -0.147. The molecule has 0 aromatic heterocycles. The van der Waals surface area contributed by atoms with Crippen LogP contribution in [0, 0.1) is 0 Å². The molecular weight excluding hydrogens is 204 g/mol. The Morgan fingerprint density at radius 1 is 1.27 bits per heavy atom. The molecule has 0 aliphatic carbocycles. The zero-order valence-electron chi connectivity index (χ0n) is 8.40. The minimum atomic E-state index is -0.774. The molecule has 0 aliphatic rings. The van der Waals surface area contributed by atoms with Crippen LogP contribution in [-0.4, -0.2) is 30.6 Å². The minimum absolute atomic E-state index is 0.194. The van der Waals surface area contributed by atoms with E-state index in [-0.39, 0.29) is 11.3 Å². The Morgan fingerprint density at radius 2 is 1.67 bits per heavy atom. The molecule has 0 amide bonds. The third-order valence-corrected chi connectivity index (χ3v) is 0.977. The van der Waals surface area contributed by atoms with Gasteiger partial charge >= 0.3 is 18.4 Å². The zero-order chi connectivity index (χ0) is 12.4. The third-order valence-electron chi connectivity index (χ3n) is 0.977. The van der Waals surface area contributed by atoms with E-state index in [9.17, 15) is 9.59 Å². The molecule has 0 fully saturated rings. The van der Waals surface area contributed by atoms with Crippen molar-refractivity contribution >= 4 is 18.4 Å². The Bertz CT molecular complexity index is 278. The van der Waals surface area contributed by atoms with E-state index < -0.39 is 11.9 Å². The van der Waals surface area contributed by atoms with Gasteiger partial charge in [-0.25, -0.2) is 14.4 Å². The van der Waals surface area contributed by atoms with E-state index in [0.717, 1.165) is 0 Å². The number of esters is 2. The predicted molar refractivity (Wildman–Crippen MR) is 50.4 cm³/mol. The fraction of sp³-hybridized carbons (Fsp3) is 0.222. The van der Waals surface area contributed by atoms with Gasteiger partial charge in [-0.05, 0) is 13.5 Å². The summed E-state index contributed by atoms with van der Waals surface area (Å²) in [6.07, 6.45) is 0. The summed E-state index contributed by atoms with van der Waals surface area (Å²) in [7, 11) is 1.17. The van der Waals surface area contributed by atoms with Crippen LogP contribution in [0.15, 0.2) is 24.5 Å². The second kappa shape index (κ2) is 8.49. The number of carbonyl (C=O) groups excluding carboxylic acids is 2. The first-order valence-electron chi connectivity index (χ1n) is 3.56. The number of rotatable bonds is 3. The number of ether oxygens (including phenoxy) is 2. The number of methoxy groups -OCH3 is 1. The van der Waals surface area contributed by atoms with E-state index in [4.69, 9.17) is 9.90 Å². The van der Waals surface area contributed by atoms with Gasteiger partial charge < -0.3 is 14.6 Å². The average Bonchev–Trinajstić information content (AvgIpc) is 2.17. The smallest absolute Gasteiger partial charge is 0.414 e. The molecule has 0 aromatic rings. The molecule has 1 N–H and O–H groups in total. The Morgan fingerprint density at radius 3 is 1.93 bits per heavy atom. The first-order valence-corrected chi connectivity index (χ1v) is 3.56. The van der Waals surface area contributed by atoms with E-state index in [2.05, 4.69) is 22.6 Å². The Hall–Kier alpha value is -2.11. The summed E-state index contributed by atoms with van der Waals surface area (Å²) in [6, 6.07) is 0. The van der Waals surface area contributed by atoms with Crippen LogP contribution < -0.4 is 0 Å². The minimum Gasteiger partial charge on any atom is -0.473 e. The van der Waals surface area contributed by atoms with Crippen molar-refractivity contribution in [2.24, 2.45) is 0 Å². The highest BCUT2D eigenvalue weighted by Crippen LogP contribution is 2.01. The van der Waals surface area contributed by atoms with Crippen molar-refractivity contribution in [3.05, 3.63) is 24.5 Å². The molecule has 15 heavy (non-hydrogen) atoms. The van der Waals surface area contributed by atoms with Crippen molar-refractivity contribution in [3.63, 3.8) is 0 Å². The summed E-state index contributed by atoms with van der Waals surface area (Å²) in [5.74, 6) is -1.81. The average molecular weight is 215 g/mol. The van der Waals surface area contributed by atoms with E-state index in [1.807, 2.05) is 0 Å². The molecule has 0 rings (SSSR count). The number of hydrogen-bond donors (Lipinski definition) is 1. The molecule has 0 heterocycles. The summed E-state index contributed by atoms with van der Waals surface area (Å²) >= 11 is 0. The molecule has 1 radical (unpaired) electrons. The van der Waals surface area contributed by atoms with Gasteiger partial charge in [0.2, 0.25) is 5.76 Å². The maximum absolute atomic E-state index is 10.8. The van der Waals surface area contributed by atoms with Crippen LogP contribution >= 0.6 is 0 Å². The van der Waals surface area contributed by atoms with Crippen molar-refractivity contribution < 1.29 is 29.0 Å². The largest absolute Gasteiger partial charge is 0.473 e. The van der Waals surface area contributed by atoms with E-state index in [1.54, 1.807) is 0 Å². The van der Waals surface area contributed by atoms with Crippen molar-refractivity contribution in [1.29, 1.82) is 0 Å². The fourth-order valence-electron chi connectivity index (χ4n) is 0.355. The number of hydrogen-bond acceptors (Lipinski definition) is 5. The van der Waals surface area contributed by atoms with Crippen LogP contribution in [0.4, 0.5) is 0 Å². The van der Waals surface area contributed by atoms with Crippen molar-refractivity contribution in [3.8, 4) is 0 Å². The fourth-order valence-corrected chi connectivity index (χ4v) is 0.355. The monoisotopic (exact) mass is 215 g/mol. The van der Waals surface area contributed by atoms with Gasteiger partial charge in [0.1, 0.15) is 0 Å². The predicted octanol–water partition coefficient (Wildman–Crippen LogP) is 0.404. The van der Waals surface area contributed by atoms with Gasteiger partial charge in [0.05, 0.1) is 7.11 Å². The van der Waals surface area contributed by atoms with Gasteiger partial charge in [-0.1, -0.05) is 6.58 Å². The second-order valence-electron chi connectivity index (χ2n) is 2.18. The Balaban J connectivity index is 0. The molecule has 6 heteroatoms. The maximum Gasteiger partial charge on any atom is 0.414 e. The van der Waals surface area contributed by atoms with E-state index in [0.29, 0.717) is 6.47 Å². The van der Waals surface area contributed by atoms with Crippen LogP contribution in [0.1, 0.15) is 6.92 Å². The lowest BCUT2D eigenvalue weighted by Crippen LogP contribution is -2.12. The quantitative estimate of drug-likeness (QED) is 0.416. The highest BCUT2D eigenvalue weighted by atomic mass is 16.6. The van der Waals surface area contributed by atoms with Gasteiger partial charge in [0, 0.05) is 5.57 Å². The normalized spacial score (nSPS) is 7.60. The van der Waals surface area contributed by atoms with E-state index >= 15 is 0 Å². The zero-order valence-corrected chi connectivity index (χ0v) is 8.40. The molecule has 6 nitrogen and oxygen atoms in total. The summed E-state index contributed by atoms with van der Waals surface area (Å²) in [5.41, 5.74) is 0.194. The third kappa shape index (κ3) is 8.23. The molecule has 0 bridgehead atoms. The Labute approximate surface area is 86.8 Å². The highest BCUT2D eigenvalue weighted by molar-refractivity contribution is 5.93. The lowest BCUT2D eigenvalue weighted by atomic mass is 10.4. The van der Waals surface area contributed by atoms with Crippen LogP contribution in [0.5, 0.6) is 0 Å². The molecule has 0 aromatic carbocycles. The van der Waals surface area contributed by atoms with Crippen molar-refractivity contribution in [2.75, 3.05) is 7.11 Å². The first kappa shape index (κ1) is 15.4. The molecular formula is C9H11O6. The van der Waals surface area contributed by atoms with Crippen LogP contribution in [0.3, 0.4) is 0 Å². The molecule has 0 aliphatic heterocycles. The van der Waals surface area contributed by atoms with Gasteiger partial charge in [-0.3, -0.25) is 0 Å². The molecule has 0 atom stereocenters. The van der Waals surface area contributed by atoms with Crippen LogP contribution in [0.2, 0.25) is 0 Å². The topological polar surface area (TPSA) is 89.9 Å². The molecule has 0 spiro atoms. The number of aliphatic hydroxyl groups excluding tert-OH is 1. The molecule has 0 unspecified atom stereocenters. The van der Waals surface area contributed by atoms with Gasteiger partial charge in [0.15, 0.2) is 0 Å². The summed E-state index contributed by atoms with van der Waals surface area (Å²) < 4.78 is 8.70. The standard InChI is InChI=1S/C8H10O4.CHO2/c1-5(2)7(9)12-6(3)8(10)11-4;2-1-3/h1,3H2,2,4H3;(H,2,3). The van der Waals surface area contributed by atoms with Crippen LogP contribution in [0.25, 0.3) is 0 Å². The van der Waals surface area contributed by atoms with Crippen LogP contribution in [-0.2, 0) is 23.9 Å². The first-order chi connectivity index (χ1) is 6.90. The van der Waals surface area contributed by atoms with Gasteiger partial charge in [0.25, 0.3) is 0 Å². The number of carbonyl (C=O) groups is 2.